The average Bonchev–Trinajstić information content (AvgIpc) is 2.56. The Labute approximate surface area is 102 Å². The standard InChI is InChI=1S/C14H18O3/c1-11(12-5-3-2-4-6-12)7-14-10-16-8-13(15)9-17-14/h2-6,11,14H,7-10H2,1H3. The molecule has 2 unspecified atom stereocenters. The summed E-state index contributed by atoms with van der Waals surface area (Å²) in [6.07, 6.45) is 0.911. The van der Waals surface area contributed by atoms with Crippen LogP contribution in [0.15, 0.2) is 30.3 Å². The molecule has 0 spiro atoms. The molecule has 1 aliphatic heterocycles. The first-order chi connectivity index (χ1) is 8.25. The van der Waals surface area contributed by atoms with Crippen LogP contribution in [0.25, 0.3) is 0 Å². The molecule has 0 saturated carbocycles. The monoisotopic (exact) mass is 234 g/mol. The molecule has 0 amide bonds. The van der Waals surface area contributed by atoms with Crippen molar-refractivity contribution in [3.63, 3.8) is 0 Å². The highest BCUT2D eigenvalue weighted by Crippen LogP contribution is 2.22. The molecule has 0 N–H and O–H groups in total. The van der Waals surface area contributed by atoms with Crippen molar-refractivity contribution in [1.82, 2.24) is 0 Å². The van der Waals surface area contributed by atoms with Gasteiger partial charge in [-0.2, -0.15) is 0 Å². The lowest BCUT2D eigenvalue weighted by molar-refractivity contribution is -0.124. The fourth-order valence-electron chi connectivity index (χ4n) is 2.05. The highest BCUT2D eigenvalue weighted by molar-refractivity contribution is 5.81. The Kier molecular flexibility index (Phi) is 4.29. The van der Waals surface area contributed by atoms with Gasteiger partial charge in [0.25, 0.3) is 0 Å². The minimum absolute atomic E-state index is 0.0247. The number of hydrogen-bond donors (Lipinski definition) is 0. The van der Waals surface area contributed by atoms with Crippen LogP contribution in [-0.2, 0) is 14.3 Å². The van der Waals surface area contributed by atoms with Crippen molar-refractivity contribution in [2.45, 2.75) is 25.4 Å². The van der Waals surface area contributed by atoms with Gasteiger partial charge < -0.3 is 9.47 Å². The Morgan fingerprint density at radius 1 is 1.29 bits per heavy atom. The Morgan fingerprint density at radius 2 is 2.06 bits per heavy atom. The van der Waals surface area contributed by atoms with Gasteiger partial charge in [-0.1, -0.05) is 37.3 Å². The van der Waals surface area contributed by atoms with E-state index in [1.807, 2.05) is 18.2 Å². The summed E-state index contributed by atoms with van der Waals surface area (Å²) in [5.74, 6) is 0.442. The molecule has 3 nitrogen and oxygen atoms in total. The van der Waals surface area contributed by atoms with E-state index in [1.54, 1.807) is 0 Å². The van der Waals surface area contributed by atoms with Gasteiger partial charge in [0.15, 0.2) is 5.78 Å². The molecule has 2 atom stereocenters. The quantitative estimate of drug-likeness (QED) is 0.804. The van der Waals surface area contributed by atoms with E-state index >= 15 is 0 Å². The van der Waals surface area contributed by atoms with Crippen LogP contribution in [0.2, 0.25) is 0 Å². The van der Waals surface area contributed by atoms with Crippen molar-refractivity contribution in [2.75, 3.05) is 19.8 Å². The zero-order chi connectivity index (χ0) is 12.1. The minimum atomic E-state index is 0.0247. The van der Waals surface area contributed by atoms with Gasteiger partial charge in [0.1, 0.15) is 13.2 Å². The lowest BCUT2D eigenvalue weighted by atomic mass is 9.95. The third-order valence-corrected chi connectivity index (χ3v) is 3.03. The van der Waals surface area contributed by atoms with E-state index in [4.69, 9.17) is 9.47 Å². The van der Waals surface area contributed by atoms with Crippen LogP contribution in [0.1, 0.15) is 24.8 Å². The normalized spacial score (nSPS) is 23.1. The molecule has 0 aliphatic carbocycles. The number of rotatable bonds is 3. The van der Waals surface area contributed by atoms with Crippen LogP contribution in [-0.4, -0.2) is 31.7 Å². The Bertz CT molecular complexity index is 361. The summed E-state index contributed by atoms with van der Waals surface area (Å²) < 4.78 is 10.8. The first-order valence-corrected chi connectivity index (χ1v) is 6.01. The van der Waals surface area contributed by atoms with Crippen LogP contribution in [0.5, 0.6) is 0 Å². The van der Waals surface area contributed by atoms with Crippen LogP contribution >= 0.6 is 0 Å². The second kappa shape index (κ2) is 5.94. The maximum atomic E-state index is 11.1. The van der Waals surface area contributed by atoms with Crippen LogP contribution in [0.3, 0.4) is 0 Å². The van der Waals surface area contributed by atoms with Gasteiger partial charge in [0, 0.05) is 0 Å². The second-order valence-corrected chi connectivity index (χ2v) is 4.53. The molecule has 17 heavy (non-hydrogen) atoms. The van der Waals surface area contributed by atoms with E-state index in [0.29, 0.717) is 12.5 Å². The number of ether oxygens (including phenoxy) is 2. The van der Waals surface area contributed by atoms with E-state index in [1.165, 1.54) is 5.56 Å². The fourth-order valence-corrected chi connectivity index (χ4v) is 2.05. The predicted molar refractivity (Wildman–Crippen MR) is 65.0 cm³/mol. The molecule has 1 saturated heterocycles. The Hall–Kier alpha value is -1.19. The number of hydrogen-bond acceptors (Lipinski definition) is 3. The average molecular weight is 234 g/mol. The number of benzene rings is 1. The Balaban J connectivity index is 1.90. The number of carbonyl (C=O) groups excluding carboxylic acids is 1. The van der Waals surface area contributed by atoms with Crippen molar-refractivity contribution < 1.29 is 14.3 Å². The number of Topliss-reactive ketones (excluding diaryl/α,β-unsaturated/α-hetero) is 1. The van der Waals surface area contributed by atoms with E-state index < -0.39 is 0 Å². The summed E-state index contributed by atoms with van der Waals surface area (Å²) in [4.78, 5) is 11.1. The van der Waals surface area contributed by atoms with Crippen molar-refractivity contribution in [2.24, 2.45) is 0 Å². The fraction of sp³-hybridized carbons (Fsp3) is 0.500. The molecule has 0 aromatic heterocycles. The molecule has 3 heteroatoms. The Morgan fingerprint density at radius 3 is 2.82 bits per heavy atom. The summed E-state index contributed by atoms with van der Waals surface area (Å²) in [6.45, 7) is 3.07. The third kappa shape index (κ3) is 3.65. The van der Waals surface area contributed by atoms with E-state index in [9.17, 15) is 4.79 Å². The summed E-state index contributed by atoms with van der Waals surface area (Å²) in [5.41, 5.74) is 1.30. The van der Waals surface area contributed by atoms with Crippen molar-refractivity contribution in [3.05, 3.63) is 35.9 Å². The SMILES string of the molecule is CC(CC1COCC(=O)CO1)c1ccccc1. The number of ketones is 1. The van der Waals surface area contributed by atoms with Gasteiger partial charge in [0.05, 0.1) is 12.7 Å². The molecule has 1 heterocycles. The summed E-state index contributed by atoms with van der Waals surface area (Å²) in [5, 5.41) is 0. The van der Waals surface area contributed by atoms with E-state index in [-0.39, 0.29) is 25.1 Å². The van der Waals surface area contributed by atoms with Crippen molar-refractivity contribution in [3.8, 4) is 0 Å². The van der Waals surface area contributed by atoms with Crippen molar-refractivity contribution in [1.29, 1.82) is 0 Å². The van der Waals surface area contributed by atoms with Crippen molar-refractivity contribution >= 4 is 5.78 Å². The van der Waals surface area contributed by atoms with Gasteiger partial charge >= 0.3 is 0 Å². The summed E-state index contributed by atoms with van der Waals surface area (Å²) >= 11 is 0. The van der Waals surface area contributed by atoms with Crippen LogP contribution in [0.4, 0.5) is 0 Å². The van der Waals surface area contributed by atoms with E-state index in [0.717, 1.165) is 6.42 Å². The summed E-state index contributed by atoms with van der Waals surface area (Å²) in [7, 11) is 0. The molecular formula is C14H18O3. The molecule has 1 aliphatic rings. The summed E-state index contributed by atoms with van der Waals surface area (Å²) in [6, 6.07) is 10.3. The molecule has 1 fully saturated rings. The van der Waals surface area contributed by atoms with E-state index in [2.05, 4.69) is 19.1 Å². The number of carbonyl (C=O) groups is 1. The largest absolute Gasteiger partial charge is 0.371 e. The first-order valence-electron chi connectivity index (χ1n) is 6.01. The van der Waals surface area contributed by atoms with Gasteiger partial charge in [-0.25, -0.2) is 0 Å². The zero-order valence-electron chi connectivity index (χ0n) is 10.1. The lowest BCUT2D eigenvalue weighted by Gasteiger charge is -2.19. The smallest absolute Gasteiger partial charge is 0.184 e. The molecular weight excluding hydrogens is 216 g/mol. The molecule has 0 radical (unpaired) electrons. The van der Waals surface area contributed by atoms with Gasteiger partial charge in [0.2, 0.25) is 0 Å². The second-order valence-electron chi connectivity index (χ2n) is 4.53. The topological polar surface area (TPSA) is 35.5 Å². The van der Waals surface area contributed by atoms with Crippen LogP contribution < -0.4 is 0 Å². The molecule has 92 valence electrons. The maximum Gasteiger partial charge on any atom is 0.184 e. The first kappa shape index (κ1) is 12.3. The minimum Gasteiger partial charge on any atom is -0.371 e. The lowest BCUT2D eigenvalue weighted by Crippen LogP contribution is -2.20. The molecule has 2 rings (SSSR count). The zero-order valence-corrected chi connectivity index (χ0v) is 10.1. The molecule has 1 aromatic carbocycles. The highest BCUT2D eigenvalue weighted by Gasteiger charge is 2.20. The highest BCUT2D eigenvalue weighted by atomic mass is 16.5. The molecule has 0 bridgehead atoms. The van der Waals surface area contributed by atoms with Gasteiger partial charge in [-0.05, 0) is 17.9 Å². The molecule has 1 aromatic rings. The van der Waals surface area contributed by atoms with Gasteiger partial charge in [-0.3, -0.25) is 4.79 Å². The van der Waals surface area contributed by atoms with Gasteiger partial charge in [-0.15, -0.1) is 0 Å². The predicted octanol–water partition coefficient (Wildman–Crippen LogP) is 2.16. The third-order valence-electron chi connectivity index (χ3n) is 3.03. The van der Waals surface area contributed by atoms with Crippen LogP contribution in [0, 0.1) is 0 Å². The maximum absolute atomic E-state index is 11.1.